The standard InChI is InChI=1S/C18H21N3O2/c1-2-3-4-5-6-11-23-16-9-7-14(8-10-16)17-20-13-15(12-19)18(22)21-17/h7-10,13H,2-6,11H2,1H3,(H,20,21,22). The first-order valence-corrected chi connectivity index (χ1v) is 7.94. The molecule has 0 atom stereocenters. The van der Waals surface area contributed by atoms with Crippen molar-refractivity contribution in [1.82, 2.24) is 9.97 Å². The molecule has 2 rings (SSSR count). The number of rotatable bonds is 8. The van der Waals surface area contributed by atoms with E-state index in [-0.39, 0.29) is 11.4 Å². The molecule has 120 valence electrons. The number of aromatic nitrogens is 2. The van der Waals surface area contributed by atoms with Gasteiger partial charge in [-0.25, -0.2) is 4.98 Å². The van der Waals surface area contributed by atoms with Gasteiger partial charge in [0.05, 0.1) is 12.8 Å². The molecule has 0 aliphatic carbocycles. The molecular formula is C18H21N3O2. The van der Waals surface area contributed by atoms with Crippen LogP contribution in [0.15, 0.2) is 30.5 Å². The summed E-state index contributed by atoms with van der Waals surface area (Å²) in [5.74, 6) is 0.889. The van der Waals surface area contributed by atoms with Crippen LogP contribution >= 0.6 is 0 Å². The van der Waals surface area contributed by atoms with Crippen molar-refractivity contribution in [3.05, 3.63) is 36.0 Å². The molecule has 0 amide bonds. The molecule has 1 heterocycles. The van der Waals surface area contributed by atoms with Gasteiger partial charge in [0.1, 0.15) is 17.4 Å². The molecular weight excluding hydrogens is 290 g/mol. The van der Waals surface area contributed by atoms with E-state index in [2.05, 4.69) is 16.9 Å². The van der Waals surface area contributed by atoms with Crippen LogP contribution in [0.25, 0.3) is 11.4 Å². The quantitative estimate of drug-likeness (QED) is 0.743. The summed E-state index contributed by atoms with van der Waals surface area (Å²) in [6.07, 6.45) is 7.37. The fraction of sp³-hybridized carbons (Fsp3) is 0.389. The highest BCUT2D eigenvalue weighted by Gasteiger charge is 2.07. The van der Waals surface area contributed by atoms with Gasteiger partial charge in [0.15, 0.2) is 5.82 Å². The fourth-order valence-corrected chi connectivity index (χ4v) is 2.19. The molecule has 0 saturated heterocycles. The number of ether oxygens (including phenoxy) is 1. The minimum Gasteiger partial charge on any atom is -0.494 e. The predicted octanol–water partition coefficient (Wildman–Crippen LogP) is 4.07. The summed E-state index contributed by atoms with van der Waals surface area (Å²) in [5.41, 5.74) is 0.830. The van der Waals surface area contributed by atoms with Crippen LogP contribution in [0.4, 0.5) is 0 Å². The summed E-state index contributed by atoms with van der Waals surface area (Å²) in [5, 5.41) is 18.4. The van der Waals surface area contributed by atoms with E-state index < -0.39 is 0 Å². The second kappa shape index (κ2) is 8.74. The van der Waals surface area contributed by atoms with Crippen molar-refractivity contribution >= 4 is 0 Å². The Morgan fingerprint density at radius 3 is 2.52 bits per heavy atom. The van der Waals surface area contributed by atoms with Gasteiger partial charge in [0.2, 0.25) is 5.88 Å². The lowest BCUT2D eigenvalue weighted by molar-refractivity contribution is 0.304. The van der Waals surface area contributed by atoms with E-state index in [1.54, 1.807) is 0 Å². The molecule has 0 saturated carbocycles. The smallest absolute Gasteiger partial charge is 0.232 e. The maximum absolute atomic E-state index is 9.61. The van der Waals surface area contributed by atoms with E-state index in [1.165, 1.54) is 31.9 Å². The van der Waals surface area contributed by atoms with Crippen LogP contribution in [0.2, 0.25) is 0 Å². The Labute approximate surface area is 136 Å². The molecule has 0 fully saturated rings. The third kappa shape index (κ3) is 4.96. The molecule has 0 radical (unpaired) electrons. The lowest BCUT2D eigenvalue weighted by atomic mass is 10.2. The highest BCUT2D eigenvalue weighted by molar-refractivity contribution is 5.57. The van der Waals surface area contributed by atoms with Gasteiger partial charge in [-0.2, -0.15) is 10.2 Å². The minimum absolute atomic E-state index is 0.0665. The van der Waals surface area contributed by atoms with Crippen molar-refractivity contribution in [2.24, 2.45) is 0 Å². The van der Waals surface area contributed by atoms with Crippen molar-refractivity contribution in [1.29, 1.82) is 5.26 Å². The van der Waals surface area contributed by atoms with Crippen LogP contribution in [-0.4, -0.2) is 21.7 Å². The number of benzene rings is 1. The molecule has 0 spiro atoms. The van der Waals surface area contributed by atoms with Gasteiger partial charge in [0.25, 0.3) is 0 Å². The molecule has 0 unspecified atom stereocenters. The Balaban J connectivity index is 1.89. The normalized spacial score (nSPS) is 10.3. The molecule has 5 nitrogen and oxygen atoms in total. The zero-order valence-corrected chi connectivity index (χ0v) is 13.3. The second-order valence-corrected chi connectivity index (χ2v) is 5.33. The lowest BCUT2D eigenvalue weighted by Gasteiger charge is -2.07. The first-order valence-electron chi connectivity index (χ1n) is 7.94. The van der Waals surface area contributed by atoms with Gasteiger partial charge in [-0.1, -0.05) is 32.6 Å². The van der Waals surface area contributed by atoms with E-state index in [9.17, 15) is 5.11 Å². The van der Waals surface area contributed by atoms with E-state index in [4.69, 9.17) is 10.00 Å². The zero-order chi connectivity index (χ0) is 16.5. The van der Waals surface area contributed by atoms with Crippen molar-refractivity contribution in [2.45, 2.75) is 39.0 Å². The van der Waals surface area contributed by atoms with E-state index in [0.717, 1.165) is 24.3 Å². The third-order valence-electron chi connectivity index (χ3n) is 3.52. The molecule has 1 aromatic heterocycles. The average molecular weight is 311 g/mol. The largest absolute Gasteiger partial charge is 0.494 e. The molecule has 2 aromatic rings. The topological polar surface area (TPSA) is 79.0 Å². The lowest BCUT2D eigenvalue weighted by Crippen LogP contribution is -1.97. The van der Waals surface area contributed by atoms with Crippen LogP contribution in [0, 0.1) is 11.3 Å². The Morgan fingerprint density at radius 2 is 1.87 bits per heavy atom. The van der Waals surface area contributed by atoms with Crippen LogP contribution in [0.5, 0.6) is 11.6 Å². The Morgan fingerprint density at radius 1 is 1.13 bits per heavy atom. The number of nitrogens with zero attached hydrogens (tertiary/aromatic N) is 3. The fourth-order valence-electron chi connectivity index (χ4n) is 2.19. The number of hydrogen-bond donors (Lipinski definition) is 1. The van der Waals surface area contributed by atoms with Crippen LogP contribution in [-0.2, 0) is 0 Å². The number of nitriles is 1. The maximum Gasteiger partial charge on any atom is 0.232 e. The number of hydrogen-bond acceptors (Lipinski definition) is 5. The summed E-state index contributed by atoms with van der Waals surface area (Å²) < 4.78 is 5.70. The van der Waals surface area contributed by atoms with E-state index in [1.807, 2.05) is 30.3 Å². The maximum atomic E-state index is 9.61. The molecule has 23 heavy (non-hydrogen) atoms. The van der Waals surface area contributed by atoms with Crippen LogP contribution < -0.4 is 4.74 Å². The molecule has 0 aliphatic rings. The van der Waals surface area contributed by atoms with Crippen molar-refractivity contribution in [3.63, 3.8) is 0 Å². The average Bonchev–Trinajstić information content (AvgIpc) is 2.58. The third-order valence-corrected chi connectivity index (χ3v) is 3.52. The minimum atomic E-state index is -0.301. The van der Waals surface area contributed by atoms with Crippen molar-refractivity contribution < 1.29 is 9.84 Å². The Kier molecular flexibility index (Phi) is 6.37. The summed E-state index contributed by atoms with van der Waals surface area (Å²) in [6, 6.07) is 9.23. The van der Waals surface area contributed by atoms with Crippen molar-refractivity contribution in [3.8, 4) is 29.1 Å². The van der Waals surface area contributed by atoms with E-state index in [0.29, 0.717) is 5.82 Å². The number of unbranched alkanes of at least 4 members (excludes halogenated alkanes) is 4. The molecule has 0 aliphatic heterocycles. The summed E-state index contributed by atoms with van der Waals surface area (Å²) in [7, 11) is 0. The molecule has 0 bridgehead atoms. The summed E-state index contributed by atoms with van der Waals surface area (Å²) in [4.78, 5) is 8.01. The van der Waals surface area contributed by atoms with Gasteiger partial charge in [-0.15, -0.1) is 0 Å². The highest BCUT2D eigenvalue weighted by atomic mass is 16.5. The predicted molar refractivity (Wildman–Crippen MR) is 88.1 cm³/mol. The molecule has 1 N–H and O–H groups in total. The van der Waals surface area contributed by atoms with Gasteiger partial charge >= 0.3 is 0 Å². The number of aromatic hydroxyl groups is 1. The summed E-state index contributed by atoms with van der Waals surface area (Å²) in [6.45, 7) is 2.92. The van der Waals surface area contributed by atoms with Gasteiger partial charge in [0, 0.05) is 5.56 Å². The van der Waals surface area contributed by atoms with Gasteiger partial charge in [-0.05, 0) is 30.7 Å². The second-order valence-electron chi connectivity index (χ2n) is 5.33. The van der Waals surface area contributed by atoms with Crippen LogP contribution in [0.3, 0.4) is 0 Å². The van der Waals surface area contributed by atoms with Gasteiger partial charge in [-0.3, -0.25) is 0 Å². The van der Waals surface area contributed by atoms with Gasteiger partial charge < -0.3 is 9.84 Å². The zero-order valence-electron chi connectivity index (χ0n) is 13.3. The monoisotopic (exact) mass is 311 g/mol. The first-order chi connectivity index (χ1) is 11.2. The molecule has 5 heteroatoms. The molecule has 1 aromatic carbocycles. The highest BCUT2D eigenvalue weighted by Crippen LogP contribution is 2.22. The van der Waals surface area contributed by atoms with Crippen molar-refractivity contribution in [2.75, 3.05) is 6.61 Å². The summed E-state index contributed by atoms with van der Waals surface area (Å²) >= 11 is 0. The SMILES string of the molecule is CCCCCCCOc1ccc(-c2ncc(C#N)c(O)n2)cc1. The Bertz CT molecular complexity index is 663. The van der Waals surface area contributed by atoms with E-state index >= 15 is 0 Å². The Hall–Kier alpha value is -2.61. The van der Waals surface area contributed by atoms with Crippen LogP contribution in [0.1, 0.15) is 44.6 Å². The first kappa shape index (κ1) is 16.8.